The smallest absolute Gasteiger partial charge is 0.338 e. The fourth-order valence-corrected chi connectivity index (χ4v) is 5.45. The van der Waals surface area contributed by atoms with E-state index in [1.165, 1.54) is 22.8 Å². The zero-order chi connectivity index (χ0) is 27.4. The van der Waals surface area contributed by atoms with Crippen LogP contribution < -0.4 is 24.4 Å². The van der Waals surface area contributed by atoms with Gasteiger partial charge in [-0.2, -0.15) is 0 Å². The van der Waals surface area contributed by atoms with Gasteiger partial charge in [-0.05, 0) is 55.8 Å². The molecule has 0 unspecified atom stereocenters. The van der Waals surface area contributed by atoms with Gasteiger partial charge in [-0.25, -0.2) is 9.79 Å². The minimum absolute atomic E-state index is 0.183. The average Bonchev–Trinajstić information content (AvgIpc) is 3.18. The van der Waals surface area contributed by atoms with Crippen molar-refractivity contribution in [2.75, 3.05) is 13.2 Å². The Morgan fingerprint density at radius 1 is 1.21 bits per heavy atom. The Hall–Kier alpha value is -3.76. The van der Waals surface area contributed by atoms with E-state index in [9.17, 15) is 14.4 Å². The second-order valence-electron chi connectivity index (χ2n) is 8.25. The summed E-state index contributed by atoms with van der Waals surface area (Å²) in [4.78, 5) is 43.5. The van der Waals surface area contributed by atoms with Crippen molar-refractivity contribution in [3.63, 3.8) is 0 Å². The molecule has 0 bridgehead atoms. The topological polar surface area (TPSA) is 96.2 Å². The van der Waals surface area contributed by atoms with Crippen molar-refractivity contribution >= 4 is 45.3 Å². The number of thiazole rings is 1. The lowest BCUT2D eigenvalue weighted by molar-refractivity contribution is -0.139. The van der Waals surface area contributed by atoms with Gasteiger partial charge >= 0.3 is 11.9 Å². The van der Waals surface area contributed by atoms with Gasteiger partial charge in [-0.1, -0.05) is 52.1 Å². The Bertz CT molecular complexity index is 1620. The molecule has 0 aliphatic carbocycles. The highest BCUT2D eigenvalue weighted by Crippen LogP contribution is 2.32. The molecule has 10 heteroatoms. The zero-order valence-electron chi connectivity index (χ0n) is 21.0. The Kier molecular flexibility index (Phi) is 8.43. The second kappa shape index (κ2) is 11.7. The van der Waals surface area contributed by atoms with E-state index in [-0.39, 0.29) is 17.7 Å². The molecule has 38 heavy (non-hydrogen) atoms. The number of hydrogen-bond acceptors (Lipinski definition) is 8. The molecule has 2 heterocycles. The molecule has 0 saturated carbocycles. The second-order valence-corrected chi connectivity index (χ2v) is 10.2. The van der Waals surface area contributed by atoms with Crippen molar-refractivity contribution in [3.8, 4) is 11.5 Å². The van der Waals surface area contributed by atoms with E-state index in [0.717, 1.165) is 4.47 Å². The summed E-state index contributed by atoms with van der Waals surface area (Å²) in [5, 5.41) is 0. The minimum Gasteiger partial charge on any atom is -0.490 e. The number of nitrogens with zero attached hydrogens (tertiary/aromatic N) is 2. The predicted octanol–water partition coefficient (Wildman–Crippen LogP) is 4.05. The Morgan fingerprint density at radius 2 is 1.95 bits per heavy atom. The summed E-state index contributed by atoms with van der Waals surface area (Å²) < 4.78 is 18.9. The molecular weight excluding hydrogens is 572 g/mol. The van der Waals surface area contributed by atoms with Gasteiger partial charge < -0.3 is 14.2 Å². The number of esters is 2. The summed E-state index contributed by atoms with van der Waals surface area (Å²) >= 11 is 4.61. The number of hydrogen-bond donors (Lipinski definition) is 0. The molecule has 1 aliphatic rings. The molecule has 3 aromatic rings. The van der Waals surface area contributed by atoms with E-state index in [2.05, 4.69) is 27.5 Å². The number of fused-ring (bicyclic) bond motifs is 1. The first-order valence-corrected chi connectivity index (χ1v) is 13.4. The van der Waals surface area contributed by atoms with Crippen molar-refractivity contribution in [3.05, 3.63) is 102 Å². The molecule has 196 valence electrons. The molecule has 0 spiro atoms. The molecule has 0 saturated heterocycles. The van der Waals surface area contributed by atoms with E-state index in [4.69, 9.17) is 14.2 Å². The highest BCUT2D eigenvalue weighted by molar-refractivity contribution is 9.10. The van der Waals surface area contributed by atoms with Gasteiger partial charge in [0.05, 0.1) is 28.5 Å². The molecular formula is C28H25BrN2O6S. The first kappa shape index (κ1) is 27.3. The fraction of sp³-hybridized carbons (Fsp3) is 0.214. The normalized spacial score (nSPS) is 14.9. The summed E-state index contributed by atoms with van der Waals surface area (Å²) in [7, 11) is 0. The molecule has 8 nitrogen and oxygen atoms in total. The van der Waals surface area contributed by atoms with Crippen LogP contribution in [-0.2, 0) is 14.3 Å². The molecule has 0 fully saturated rings. The van der Waals surface area contributed by atoms with Crippen LogP contribution in [0.4, 0.5) is 0 Å². The van der Waals surface area contributed by atoms with E-state index in [0.29, 0.717) is 44.3 Å². The van der Waals surface area contributed by atoms with Crippen LogP contribution in [0.25, 0.3) is 6.08 Å². The van der Waals surface area contributed by atoms with Gasteiger partial charge in [0.15, 0.2) is 4.80 Å². The summed E-state index contributed by atoms with van der Waals surface area (Å²) in [5.74, 6) is -0.0588. The third kappa shape index (κ3) is 5.71. The highest BCUT2D eigenvalue weighted by atomic mass is 79.9. The van der Waals surface area contributed by atoms with Crippen LogP contribution in [0, 0.1) is 0 Å². The number of rotatable bonds is 8. The van der Waals surface area contributed by atoms with Crippen LogP contribution in [0.15, 0.2) is 80.6 Å². The lowest BCUT2D eigenvalue weighted by Gasteiger charge is -2.24. The maximum atomic E-state index is 13.8. The van der Waals surface area contributed by atoms with Crippen LogP contribution in [0.3, 0.4) is 0 Å². The zero-order valence-corrected chi connectivity index (χ0v) is 23.4. The lowest BCUT2D eigenvalue weighted by Crippen LogP contribution is -2.39. The third-order valence-corrected chi connectivity index (χ3v) is 7.07. The summed E-state index contributed by atoms with van der Waals surface area (Å²) in [5.41, 5.74) is 1.66. The van der Waals surface area contributed by atoms with Crippen LogP contribution in [0.1, 0.15) is 37.9 Å². The fourth-order valence-electron chi connectivity index (χ4n) is 4.03. The quantitative estimate of drug-likeness (QED) is 0.221. The first-order chi connectivity index (χ1) is 18.2. The SMILES string of the molecule is C=CCOc1ccc([C@@H]2C(C(=O)OCC)=C(C)N=c3s/c(=C\c4cc(Br)ccc4OC(C)=O)c(=O)n32)cc1. The highest BCUT2D eigenvalue weighted by Gasteiger charge is 2.33. The number of benzene rings is 2. The molecule has 2 aromatic carbocycles. The maximum Gasteiger partial charge on any atom is 0.338 e. The molecule has 1 aromatic heterocycles. The predicted molar refractivity (Wildman–Crippen MR) is 148 cm³/mol. The van der Waals surface area contributed by atoms with Gasteiger partial charge in [0.25, 0.3) is 5.56 Å². The Labute approximate surface area is 231 Å². The average molecular weight is 597 g/mol. The Morgan fingerprint density at radius 3 is 2.61 bits per heavy atom. The van der Waals surface area contributed by atoms with Crippen LogP contribution >= 0.6 is 27.3 Å². The van der Waals surface area contributed by atoms with Crippen LogP contribution in [0.2, 0.25) is 0 Å². The molecule has 4 rings (SSSR count). The largest absolute Gasteiger partial charge is 0.490 e. The first-order valence-electron chi connectivity index (χ1n) is 11.7. The van der Waals surface area contributed by atoms with Gasteiger partial charge in [-0.3, -0.25) is 14.2 Å². The van der Waals surface area contributed by atoms with Gasteiger partial charge in [0.2, 0.25) is 0 Å². The standard InChI is InChI=1S/C28H25BrN2O6S/c1-5-13-36-21-10-7-18(8-11-21)25-24(27(34)35-6-2)16(3)30-28-31(25)26(33)23(38-28)15-19-14-20(29)9-12-22(19)37-17(4)32/h5,7-12,14-15,25H,1,6,13H2,2-4H3/b23-15-/t25-/m1/s1. The van der Waals surface area contributed by atoms with Crippen molar-refractivity contribution in [1.82, 2.24) is 4.57 Å². The molecule has 0 N–H and O–H groups in total. The monoisotopic (exact) mass is 596 g/mol. The van der Waals surface area contributed by atoms with Gasteiger partial charge in [0, 0.05) is 17.0 Å². The summed E-state index contributed by atoms with van der Waals surface area (Å²) in [6.45, 7) is 8.96. The van der Waals surface area contributed by atoms with Gasteiger partial charge in [0.1, 0.15) is 18.1 Å². The molecule has 0 radical (unpaired) electrons. The van der Waals surface area contributed by atoms with Crippen molar-refractivity contribution < 1.29 is 23.8 Å². The van der Waals surface area contributed by atoms with Crippen molar-refractivity contribution in [2.24, 2.45) is 4.99 Å². The van der Waals surface area contributed by atoms with E-state index >= 15 is 0 Å². The summed E-state index contributed by atoms with van der Waals surface area (Å²) in [6, 6.07) is 11.6. The van der Waals surface area contributed by atoms with E-state index in [1.807, 2.05) is 12.1 Å². The maximum absolute atomic E-state index is 13.8. The van der Waals surface area contributed by atoms with Gasteiger partial charge in [-0.15, -0.1) is 0 Å². The number of carbonyl (C=O) groups is 2. The Balaban J connectivity index is 1.91. The number of allylic oxidation sites excluding steroid dienone is 1. The lowest BCUT2D eigenvalue weighted by atomic mass is 9.96. The molecule has 1 atom stereocenters. The van der Waals surface area contributed by atoms with Crippen molar-refractivity contribution in [1.29, 1.82) is 0 Å². The van der Waals surface area contributed by atoms with E-state index in [1.54, 1.807) is 56.3 Å². The number of halogens is 1. The van der Waals surface area contributed by atoms with E-state index < -0.39 is 18.0 Å². The molecule has 1 aliphatic heterocycles. The number of aromatic nitrogens is 1. The number of ether oxygens (including phenoxy) is 3. The summed E-state index contributed by atoms with van der Waals surface area (Å²) in [6.07, 6.45) is 3.30. The molecule has 0 amide bonds. The van der Waals surface area contributed by atoms with Crippen LogP contribution in [-0.4, -0.2) is 29.7 Å². The number of carbonyl (C=O) groups excluding carboxylic acids is 2. The minimum atomic E-state index is -0.753. The van der Waals surface area contributed by atoms with Crippen LogP contribution in [0.5, 0.6) is 11.5 Å². The van der Waals surface area contributed by atoms with Crippen molar-refractivity contribution in [2.45, 2.75) is 26.8 Å². The third-order valence-electron chi connectivity index (χ3n) is 5.59.